The smallest absolute Gasteiger partial charge is 0.273 e. The highest BCUT2D eigenvalue weighted by molar-refractivity contribution is 5.86. The van der Waals surface area contributed by atoms with Crippen LogP contribution < -0.4 is 9.47 Å². The maximum atomic E-state index is 11.0. The average Bonchev–Trinajstić information content (AvgIpc) is 2.78. The molecule has 4 aromatic rings. The summed E-state index contributed by atoms with van der Waals surface area (Å²) in [5, 5.41) is 11.8. The molecule has 0 amide bonds. The van der Waals surface area contributed by atoms with Gasteiger partial charge in [0, 0.05) is 23.7 Å². The zero-order valence-electron chi connectivity index (χ0n) is 16.2. The van der Waals surface area contributed by atoms with E-state index in [4.69, 9.17) is 9.47 Å². The third kappa shape index (κ3) is 4.72. The van der Waals surface area contributed by atoms with Gasteiger partial charge in [0.1, 0.15) is 17.2 Å². The molecule has 0 atom stereocenters. The van der Waals surface area contributed by atoms with Crippen molar-refractivity contribution in [2.75, 3.05) is 6.61 Å². The van der Waals surface area contributed by atoms with Gasteiger partial charge in [0.2, 0.25) is 0 Å². The first kappa shape index (κ1) is 19.4. The lowest BCUT2D eigenvalue weighted by Gasteiger charge is -2.10. The van der Waals surface area contributed by atoms with Crippen molar-refractivity contribution in [1.82, 2.24) is 4.98 Å². The molecule has 0 aliphatic heterocycles. The monoisotopic (exact) mass is 400 g/mol. The molecular weight excluding hydrogens is 380 g/mol. The molecule has 0 saturated heterocycles. The van der Waals surface area contributed by atoms with Crippen LogP contribution in [0.5, 0.6) is 17.2 Å². The van der Waals surface area contributed by atoms with Crippen LogP contribution in [0.25, 0.3) is 10.9 Å². The Morgan fingerprint density at radius 3 is 2.60 bits per heavy atom. The molecular formula is C24H20N2O4. The normalized spacial score (nSPS) is 10.7. The largest absolute Gasteiger partial charge is 0.494 e. The number of rotatable bonds is 8. The molecule has 0 N–H and O–H groups in total. The SMILES string of the molecule is O=[N+]([O-])c1cccc(Oc2ccnc3cc(OCCCc4ccccc4)ccc23)c1. The summed E-state index contributed by atoms with van der Waals surface area (Å²) in [4.78, 5) is 14.9. The molecule has 1 aromatic heterocycles. The number of non-ortho nitro benzene ring substituents is 1. The highest BCUT2D eigenvalue weighted by Crippen LogP contribution is 2.32. The number of nitrogens with zero attached hydrogens (tertiary/aromatic N) is 2. The standard InChI is InChI=1S/C24H20N2O4/c27-26(28)19-9-4-10-21(16-19)30-24-13-14-25-23-17-20(11-12-22(23)24)29-15-5-8-18-6-2-1-3-7-18/h1-4,6-7,9-14,16-17H,5,8,15H2. The minimum Gasteiger partial charge on any atom is -0.494 e. The Labute approximate surface area is 173 Å². The first-order valence-electron chi connectivity index (χ1n) is 9.67. The van der Waals surface area contributed by atoms with Gasteiger partial charge in [0.05, 0.1) is 23.1 Å². The summed E-state index contributed by atoms with van der Waals surface area (Å²) in [5.74, 6) is 1.73. The Morgan fingerprint density at radius 2 is 1.77 bits per heavy atom. The number of nitro benzene ring substituents is 1. The number of fused-ring (bicyclic) bond motifs is 1. The quantitative estimate of drug-likeness (QED) is 0.208. The van der Waals surface area contributed by atoms with Crippen molar-refractivity contribution < 1.29 is 14.4 Å². The van der Waals surface area contributed by atoms with Crippen LogP contribution in [0.2, 0.25) is 0 Å². The van der Waals surface area contributed by atoms with Crippen LogP contribution in [0.4, 0.5) is 5.69 Å². The van der Waals surface area contributed by atoms with Crippen molar-refractivity contribution in [3.05, 3.63) is 101 Å². The van der Waals surface area contributed by atoms with Crippen LogP contribution in [0, 0.1) is 10.1 Å². The first-order chi connectivity index (χ1) is 14.7. The lowest BCUT2D eigenvalue weighted by Crippen LogP contribution is -1.99. The van der Waals surface area contributed by atoms with Crippen LogP contribution in [-0.2, 0) is 6.42 Å². The van der Waals surface area contributed by atoms with E-state index in [-0.39, 0.29) is 5.69 Å². The molecule has 6 heteroatoms. The Hall–Kier alpha value is -3.93. The second-order valence-electron chi connectivity index (χ2n) is 6.78. The van der Waals surface area contributed by atoms with Gasteiger partial charge in [-0.3, -0.25) is 15.1 Å². The fourth-order valence-electron chi connectivity index (χ4n) is 3.18. The second kappa shape index (κ2) is 9.05. The van der Waals surface area contributed by atoms with Crippen LogP contribution in [0.3, 0.4) is 0 Å². The molecule has 30 heavy (non-hydrogen) atoms. The van der Waals surface area contributed by atoms with Crippen molar-refractivity contribution >= 4 is 16.6 Å². The zero-order chi connectivity index (χ0) is 20.8. The zero-order valence-corrected chi connectivity index (χ0v) is 16.2. The van der Waals surface area contributed by atoms with E-state index in [2.05, 4.69) is 17.1 Å². The lowest BCUT2D eigenvalue weighted by atomic mass is 10.1. The molecule has 150 valence electrons. The summed E-state index contributed by atoms with van der Waals surface area (Å²) < 4.78 is 11.8. The van der Waals surface area contributed by atoms with Crippen molar-refractivity contribution in [3.63, 3.8) is 0 Å². The Morgan fingerprint density at radius 1 is 0.900 bits per heavy atom. The van der Waals surface area contributed by atoms with Gasteiger partial charge in [-0.2, -0.15) is 0 Å². The molecule has 0 radical (unpaired) electrons. The van der Waals surface area contributed by atoms with Gasteiger partial charge < -0.3 is 9.47 Å². The van der Waals surface area contributed by atoms with Crippen molar-refractivity contribution in [2.24, 2.45) is 0 Å². The van der Waals surface area contributed by atoms with E-state index in [1.807, 2.05) is 36.4 Å². The third-order valence-corrected chi connectivity index (χ3v) is 4.65. The van der Waals surface area contributed by atoms with Gasteiger partial charge in [0.15, 0.2) is 0 Å². The van der Waals surface area contributed by atoms with Gasteiger partial charge in [-0.25, -0.2) is 0 Å². The average molecular weight is 400 g/mol. The second-order valence-corrected chi connectivity index (χ2v) is 6.78. The molecule has 0 spiro atoms. The summed E-state index contributed by atoms with van der Waals surface area (Å²) in [5.41, 5.74) is 2.01. The number of benzene rings is 3. The third-order valence-electron chi connectivity index (χ3n) is 4.65. The predicted molar refractivity (Wildman–Crippen MR) is 115 cm³/mol. The molecule has 1 heterocycles. The molecule has 0 unspecified atom stereocenters. The Balaban J connectivity index is 1.44. The van der Waals surface area contributed by atoms with E-state index >= 15 is 0 Å². The lowest BCUT2D eigenvalue weighted by molar-refractivity contribution is -0.384. The highest BCUT2D eigenvalue weighted by atomic mass is 16.6. The van der Waals surface area contributed by atoms with E-state index < -0.39 is 4.92 Å². The number of ether oxygens (including phenoxy) is 2. The summed E-state index contributed by atoms with van der Waals surface area (Å²) in [7, 11) is 0. The fraction of sp³-hybridized carbons (Fsp3) is 0.125. The van der Waals surface area contributed by atoms with E-state index in [9.17, 15) is 10.1 Å². The van der Waals surface area contributed by atoms with E-state index in [1.54, 1.807) is 24.4 Å². The first-order valence-corrected chi connectivity index (χ1v) is 9.67. The summed E-state index contributed by atoms with van der Waals surface area (Å²) in [6.45, 7) is 0.615. The molecule has 0 bridgehead atoms. The minimum absolute atomic E-state index is 0.0166. The molecule has 0 aliphatic rings. The van der Waals surface area contributed by atoms with Crippen LogP contribution in [-0.4, -0.2) is 16.5 Å². The fourth-order valence-corrected chi connectivity index (χ4v) is 3.18. The van der Waals surface area contributed by atoms with Gasteiger partial charge >= 0.3 is 0 Å². The van der Waals surface area contributed by atoms with Gasteiger partial charge in [-0.15, -0.1) is 0 Å². The van der Waals surface area contributed by atoms with E-state index in [0.717, 1.165) is 29.5 Å². The van der Waals surface area contributed by atoms with Crippen molar-refractivity contribution in [2.45, 2.75) is 12.8 Å². The number of pyridine rings is 1. The van der Waals surface area contributed by atoms with Gasteiger partial charge in [-0.05, 0) is 42.7 Å². The summed E-state index contributed by atoms with van der Waals surface area (Å²) >= 11 is 0. The number of hydrogen-bond donors (Lipinski definition) is 0. The Bertz CT molecular complexity index is 1160. The van der Waals surface area contributed by atoms with Crippen LogP contribution in [0.15, 0.2) is 85.1 Å². The summed E-state index contributed by atoms with van der Waals surface area (Å²) in [6.07, 6.45) is 3.54. The Kier molecular flexibility index (Phi) is 5.85. The van der Waals surface area contributed by atoms with E-state index in [1.165, 1.54) is 17.7 Å². The van der Waals surface area contributed by atoms with Crippen LogP contribution in [0.1, 0.15) is 12.0 Å². The van der Waals surface area contributed by atoms with Gasteiger partial charge in [-0.1, -0.05) is 36.4 Å². The maximum Gasteiger partial charge on any atom is 0.273 e. The number of nitro groups is 1. The predicted octanol–water partition coefficient (Wildman–Crippen LogP) is 5.95. The molecule has 0 fully saturated rings. The minimum atomic E-state index is -0.446. The molecule has 0 aliphatic carbocycles. The number of hydrogen-bond acceptors (Lipinski definition) is 5. The van der Waals surface area contributed by atoms with E-state index in [0.29, 0.717) is 18.1 Å². The molecule has 3 aromatic carbocycles. The topological polar surface area (TPSA) is 74.5 Å². The number of aromatic nitrogens is 1. The van der Waals surface area contributed by atoms with Crippen LogP contribution >= 0.6 is 0 Å². The molecule has 0 saturated carbocycles. The highest BCUT2D eigenvalue weighted by Gasteiger charge is 2.10. The molecule has 4 rings (SSSR count). The maximum absolute atomic E-state index is 11.0. The number of aryl methyl sites for hydroxylation is 1. The summed E-state index contributed by atoms with van der Waals surface area (Å²) in [6, 6.07) is 23.8. The molecule has 6 nitrogen and oxygen atoms in total. The van der Waals surface area contributed by atoms with Crippen molar-refractivity contribution in [1.29, 1.82) is 0 Å². The van der Waals surface area contributed by atoms with Gasteiger partial charge in [0.25, 0.3) is 5.69 Å². The van der Waals surface area contributed by atoms with Crippen molar-refractivity contribution in [3.8, 4) is 17.2 Å².